The Bertz CT molecular complexity index is 2420. The van der Waals surface area contributed by atoms with Crippen molar-refractivity contribution in [1.29, 1.82) is 0 Å². The molecule has 8 aromatic rings. The van der Waals surface area contributed by atoms with E-state index >= 15 is 0 Å². The predicted octanol–water partition coefficient (Wildman–Crippen LogP) is 4.84. The van der Waals surface area contributed by atoms with Gasteiger partial charge in [-0.1, -0.05) is 18.2 Å². The Labute approximate surface area is 219 Å². The second-order valence-corrected chi connectivity index (χ2v) is 9.84. The number of esters is 1. The number of nitrogens with zero attached hydrogens (tertiary/aromatic N) is 4. The van der Waals surface area contributed by atoms with E-state index in [0.29, 0.717) is 46.1 Å². The molecule has 188 valence electrons. The van der Waals surface area contributed by atoms with Crippen LogP contribution in [0.3, 0.4) is 0 Å². The van der Waals surface area contributed by atoms with Crippen LogP contribution in [0.25, 0.3) is 65.7 Å². The zero-order valence-electron chi connectivity index (χ0n) is 20.9. The molecule has 8 nitrogen and oxygen atoms in total. The first-order chi connectivity index (χ1) is 19.0. The third-order valence-corrected chi connectivity index (χ3v) is 7.71. The number of fused-ring (bicyclic) bond motifs is 8. The summed E-state index contributed by atoms with van der Waals surface area (Å²) >= 11 is 0. The summed E-state index contributed by atoms with van der Waals surface area (Å²) < 4.78 is 8.35. The molecule has 4 aromatic heterocycles. The smallest absolute Gasteiger partial charge is 0.306 e. The zero-order valence-corrected chi connectivity index (χ0v) is 20.9. The molecule has 0 N–H and O–H groups in total. The lowest BCUT2D eigenvalue weighted by atomic mass is 9.96. The molecule has 0 saturated carbocycles. The van der Waals surface area contributed by atoms with E-state index in [1.54, 1.807) is 15.7 Å². The van der Waals surface area contributed by atoms with Crippen molar-refractivity contribution in [3.63, 3.8) is 0 Å². The van der Waals surface area contributed by atoms with Crippen LogP contribution in [0.2, 0.25) is 0 Å². The lowest BCUT2D eigenvalue weighted by Gasteiger charge is -2.12. The van der Waals surface area contributed by atoms with Gasteiger partial charge in [-0.3, -0.25) is 23.2 Å². The summed E-state index contributed by atoms with van der Waals surface area (Å²) in [7, 11) is 0. The van der Waals surface area contributed by atoms with Crippen molar-refractivity contribution in [2.45, 2.75) is 19.8 Å². The van der Waals surface area contributed by atoms with E-state index in [9.17, 15) is 14.4 Å². The normalized spacial score (nSPS) is 12.3. The summed E-state index contributed by atoms with van der Waals surface area (Å²) in [5, 5.41) is 4.15. The molecular formula is C31H20N4O4. The zero-order chi connectivity index (χ0) is 26.4. The van der Waals surface area contributed by atoms with Crippen LogP contribution >= 0.6 is 0 Å². The van der Waals surface area contributed by atoms with Gasteiger partial charge in [0, 0.05) is 38.7 Å². The summed E-state index contributed by atoms with van der Waals surface area (Å²) in [5.74, 6) is -0.241. The lowest BCUT2D eigenvalue weighted by molar-refractivity contribution is -0.143. The van der Waals surface area contributed by atoms with Crippen molar-refractivity contribution >= 4 is 71.6 Å². The van der Waals surface area contributed by atoms with E-state index in [1.807, 2.05) is 66.7 Å². The van der Waals surface area contributed by atoms with Crippen LogP contribution in [-0.2, 0) is 16.0 Å². The molecule has 0 amide bonds. The summed E-state index contributed by atoms with van der Waals surface area (Å²) in [6, 6.07) is 20.7. The number of carbonyl (C=O) groups excluding carboxylic acids is 1. The van der Waals surface area contributed by atoms with E-state index in [2.05, 4.69) is 0 Å². The molecule has 8 heteroatoms. The van der Waals surface area contributed by atoms with Gasteiger partial charge >= 0.3 is 5.97 Å². The lowest BCUT2D eigenvalue weighted by Crippen LogP contribution is -2.16. The Morgan fingerprint density at radius 3 is 2.00 bits per heavy atom. The van der Waals surface area contributed by atoms with Gasteiger partial charge in [0.15, 0.2) is 0 Å². The number of benzene rings is 4. The molecule has 0 unspecified atom stereocenters. The number of ether oxygens (including phenoxy) is 1. The number of aryl methyl sites for hydroxylation is 1. The Morgan fingerprint density at radius 2 is 1.33 bits per heavy atom. The number of hydrogen-bond donors (Lipinski definition) is 0. The van der Waals surface area contributed by atoms with Crippen LogP contribution in [0, 0.1) is 0 Å². The molecule has 0 radical (unpaired) electrons. The summed E-state index contributed by atoms with van der Waals surface area (Å²) in [4.78, 5) is 49.1. The van der Waals surface area contributed by atoms with Crippen molar-refractivity contribution in [3.05, 3.63) is 93.0 Å². The van der Waals surface area contributed by atoms with Gasteiger partial charge in [-0.15, -0.1) is 0 Å². The van der Waals surface area contributed by atoms with Crippen LogP contribution in [-0.4, -0.2) is 31.3 Å². The van der Waals surface area contributed by atoms with E-state index < -0.39 is 0 Å². The van der Waals surface area contributed by atoms with Gasteiger partial charge < -0.3 is 4.74 Å². The first-order valence-corrected chi connectivity index (χ1v) is 12.9. The second kappa shape index (κ2) is 7.70. The van der Waals surface area contributed by atoms with Crippen molar-refractivity contribution in [3.8, 4) is 0 Å². The van der Waals surface area contributed by atoms with E-state index in [-0.39, 0.29) is 23.5 Å². The topological polar surface area (TPSA) is 95.0 Å². The maximum absolute atomic E-state index is 13.9. The van der Waals surface area contributed by atoms with Gasteiger partial charge in [-0.2, -0.15) is 0 Å². The minimum Gasteiger partial charge on any atom is -0.466 e. The number of pyridine rings is 2. The number of para-hydroxylation sites is 2. The molecule has 0 saturated heterocycles. The Kier molecular flexibility index (Phi) is 4.33. The molecule has 0 spiro atoms. The molecule has 0 fully saturated rings. The molecule has 8 rings (SSSR count). The van der Waals surface area contributed by atoms with Crippen LogP contribution in [0.15, 0.2) is 76.3 Å². The maximum Gasteiger partial charge on any atom is 0.306 e. The molecule has 39 heavy (non-hydrogen) atoms. The fourth-order valence-electron chi connectivity index (χ4n) is 6.02. The first kappa shape index (κ1) is 21.9. The fraction of sp³-hybridized carbons (Fsp3) is 0.129. The van der Waals surface area contributed by atoms with Crippen molar-refractivity contribution in [2.75, 3.05) is 6.61 Å². The number of aromatic nitrogens is 4. The minimum absolute atomic E-state index is 0.160. The van der Waals surface area contributed by atoms with Crippen molar-refractivity contribution < 1.29 is 9.53 Å². The molecular weight excluding hydrogens is 492 g/mol. The quantitative estimate of drug-likeness (QED) is 0.247. The van der Waals surface area contributed by atoms with Crippen LogP contribution < -0.4 is 11.1 Å². The highest BCUT2D eigenvalue weighted by Crippen LogP contribution is 2.36. The molecule has 0 atom stereocenters. The number of carbonyl (C=O) groups is 1. The molecule has 0 aliphatic carbocycles. The Balaban J connectivity index is 1.44. The molecule has 4 aromatic carbocycles. The summed E-state index contributed by atoms with van der Waals surface area (Å²) in [6.45, 7) is 2.14. The Morgan fingerprint density at radius 1 is 0.744 bits per heavy atom. The maximum atomic E-state index is 13.9. The fourth-order valence-corrected chi connectivity index (χ4v) is 6.02. The van der Waals surface area contributed by atoms with Gasteiger partial charge in [-0.25, -0.2) is 9.97 Å². The highest BCUT2D eigenvalue weighted by atomic mass is 16.5. The van der Waals surface area contributed by atoms with Gasteiger partial charge in [-0.05, 0) is 67.4 Å². The van der Waals surface area contributed by atoms with Gasteiger partial charge in [0.05, 0.1) is 28.7 Å². The largest absolute Gasteiger partial charge is 0.466 e. The molecule has 4 heterocycles. The third kappa shape index (κ3) is 2.85. The number of hydrogen-bond acceptors (Lipinski definition) is 6. The van der Waals surface area contributed by atoms with Gasteiger partial charge in [0.2, 0.25) is 0 Å². The van der Waals surface area contributed by atoms with Crippen LogP contribution in [0.4, 0.5) is 0 Å². The van der Waals surface area contributed by atoms with E-state index in [1.165, 1.54) is 0 Å². The van der Waals surface area contributed by atoms with E-state index in [0.717, 1.165) is 38.1 Å². The van der Waals surface area contributed by atoms with Crippen molar-refractivity contribution in [1.82, 2.24) is 18.8 Å². The predicted molar refractivity (Wildman–Crippen MR) is 151 cm³/mol. The van der Waals surface area contributed by atoms with Crippen molar-refractivity contribution in [2.24, 2.45) is 0 Å². The van der Waals surface area contributed by atoms with Crippen LogP contribution in [0.1, 0.15) is 18.9 Å². The minimum atomic E-state index is -0.241. The average Bonchev–Trinajstić information content (AvgIpc) is 3.53. The van der Waals surface area contributed by atoms with Gasteiger partial charge in [0.1, 0.15) is 11.3 Å². The summed E-state index contributed by atoms with van der Waals surface area (Å²) in [6.07, 6.45) is 0.803. The third-order valence-electron chi connectivity index (χ3n) is 7.71. The standard InChI is InChI=1S/C31H20N4O4/c1-2-39-25(36)14-8-16-7-13-24-22(15-16)33-29-18-10-12-19-26-17(9-11-20(27(18)26)31(38)35(24)29)28-32-21-5-3-4-6-23(21)34(28)30(19)37/h3-7,9-13,15H,2,8,14H2,1H3. The number of rotatable bonds is 4. The number of imidazole rings is 2. The monoisotopic (exact) mass is 512 g/mol. The second-order valence-electron chi connectivity index (χ2n) is 9.84. The molecule has 0 bridgehead atoms. The van der Waals surface area contributed by atoms with E-state index in [4.69, 9.17) is 14.7 Å². The summed E-state index contributed by atoms with van der Waals surface area (Å²) in [5.41, 5.74) is 4.60. The van der Waals surface area contributed by atoms with Gasteiger partial charge in [0.25, 0.3) is 11.1 Å². The highest BCUT2D eigenvalue weighted by molar-refractivity contribution is 6.27. The molecule has 0 aliphatic rings. The first-order valence-electron chi connectivity index (χ1n) is 12.9. The SMILES string of the molecule is CCOC(=O)CCc1ccc2c(c1)nc1c3ccc4c(=O)n5c6ccccc6nc5c5ccc(c(=O)n21)c3c45. The Hall–Kier alpha value is -5.11. The highest BCUT2D eigenvalue weighted by Gasteiger charge is 2.22. The average molecular weight is 513 g/mol. The molecule has 0 aliphatic heterocycles. The van der Waals surface area contributed by atoms with Crippen LogP contribution in [0.5, 0.6) is 0 Å².